The zero-order valence-electron chi connectivity index (χ0n) is 5.55. The van der Waals surface area contributed by atoms with Crippen LogP contribution < -0.4 is 10.1 Å². The van der Waals surface area contributed by atoms with Crippen LogP contribution in [0.25, 0.3) is 0 Å². The monoisotopic (exact) mass is 140 g/mol. The van der Waals surface area contributed by atoms with E-state index in [9.17, 15) is 4.79 Å². The Morgan fingerprint density at radius 2 is 2.60 bits per heavy atom. The minimum atomic E-state index is 0.581. The average molecular weight is 140 g/mol. The molecule has 1 rings (SSSR count). The molecule has 54 valence electrons. The molecule has 1 aromatic heterocycles. The number of anilines is 1. The Morgan fingerprint density at radius 3 is 3.20 bits per heavy atom. The van der Waals surface area contributed by atoms with Crippen molar-refractivity contribution in [3.8, 4) is 5.75 Å². The van der Waals surface area contributed by atoms with E-state index in [1.807, 2.05) is 0 Å². The van der Waals surface area contributed by atoms with Crippen LogP contribution in [0.1, 0.15) is 0 Å². The van der Waals surface area contributed by atoms with Crippen molar-refractivity contribution in [1.29, 1.82) is 0 Å². The first-order valence-electron chi connectivity index (χ1n) is 2.80. The Morgan fingerprint density at radius 1 is 1.80 bits per heavy atom. The number of amides is 1. The van der Waals surface area contributed by atoms with Crippen LogP contribution in [0.15, 0.2) is 12.3 Å². The van der Waals surface area contributed by atoms with Gasteiger partial charge in [0.2, 0.25) is 6.41 Å². The van der Waals surface area contributed by atoms with E-state index in [0.29, 0.717) is 18.0 Å². The Kier molecular flexibility index (Phi) is 1.94. The molecule has 1 amide bonds. The quantitative estimate of drug-likeness (QED) is 0.604. The number of hydrogen-bond acceptors (Lipinski definition) is 2. The fraction of sp³-hybridized carbons (Fsp3) is 0.167. The minimum Gasteiger partial charge on any atom is -0.493 e. The molecule has 0 aliphatic heterocycles. The summed E-state index contributed by atoms with van der Waals surface area (Å²) in [5.41, 5.74) is 0. The second kappa shape index (κ2) is 2.91. The molecule has 0 unspecified atom stereocenters. The summed E-state index contributed by atoms with van der Waals surface area (Å²) in [6.45, 7) is 0. The van der Waals surface area contributed by atoms with Gasteiger partial charge in [0.1, 0.15) is 0 Å². The molecule has 0 saturated carbocycles. The molecule has 0 spiro atoms. The highest BCUT2D eigenvalue weighted by Gasteiger charge is 1.99. The first-order chi connectivity index (χ1) is 4.88. The largest absolute Gasteiger partial charge is 0.493 e. The number of aromatic amines is 1. The molecule has 10 heavy (non-hydrogen) atoms. The maximum absolute atomic E-state index is 9.95. The third-order valence-corrected chi connectivity index (χ3v) is 1.13. The number of rotatable bonds is 3. The molecule has 0 radical (unpaired) electrons. The summed E-state index contributed by atoms with van der Waals surface area (Å²) < 4.78 is 4.89. The fourth-order valence-corrected chi connectivity index (χ4v) is 0.697. The topological polar surface area (TPSA) is 54.1 Å². The molecular formula is C6H8N2O2. The normalized spacial score (nSPS) is 8.90. The van der Waals surface area contributed by atoms with Crippen LogP contribution in [0, 0.1) is 0 Å². The minimum absolute atomic E-state index is 0.581. The second-order valence-corrected chi connectivity index (χ2v) is 1.68. The molecule has 0 saturated heterocycles. The van der Waals surface area contributed by atoms with Crippen LogP contribution in [0.4, 0.5) is 5.82 Å². The van der Waals surface area contributed by atoms with E-state index >= 15 is 0 Å². The summed E-state index contributed by atoms with van der Waals surface area (Å²) in [6, 6.07) is 1.73. The van der Waals surface area contributed by atoms with E-state index in [0.717, 1.165) is 0 Å². The zero-order chi connectivity index (χ0) is 7.40. The van der Waals surface area contributed by atoms with Gasteiger partial charge in [0, 0.05) is 6.20 Å². The summed E-state index contributed by atoms with van der Waals surface area (Å²) in [4.78, 5) is 12.7. The third kappa shape index (κ3) is 1.10. The van der Waals surface area contributed by atoms with Gasteiger partial charge in [0.15, 0.2) is 11.6 Å². The van der Waals surface area contributed by atoms with E-state index in [4.69, 9.17) is 4.74 Å². The predicted molar refractivity (Wildman–Crippen MR) is 37.0 cm³/mol. The molecule has 0 bridgehead atoms. The van der Waals surface area contributed by atoms with Crippen molar-refractivity contribution in [3.63, 3.8) is 0 Å². The number of carbonyl (C=O) groups is 1. The van der Waals surface area contributed by atoms with Gasteiger partial charge in [0.25, 0.3) is 0 Å². The van der Waals surface area contributed by atoms with E-state index in [1.54, 1.807) is 19.4 Å². The van der Waals surface area contributed by atoms with Gasteiger partial charge in [-0.2, -0.15) is 0 Å². The standard InChI is InChI=1S/C6H8N2O2/c1-10-5-2-3-7-6(5)8-4-9/h2-4,7H,1H3,(H,8,9). The van der Waals surface area contributed by atoms with Crippen molar-refractivity contribution in [2.24, 2.45) is 0 Å². The average Bonchev–Trinajstić information content (AvgIpc) is 2.36. The van der Waals surface area contributed by atoms with Gasteiger partial charge in [-0.3, -0.25) is 4.79 Å². The molecule has 0 atom stereocenters. The lowest BCUT2D eigenvalue weighted by molar-refractivity contribution is -0.105. The summed E-state index contributed by atoms with van der Waals surface area (Å²) in [5, 5.41) is 2.45. The van der Waals surface area contributed by atoms with Gasteiger partial charge in [-0.05, 0) is 6.07 Å². The maximum atomic E-state index is 9.95. The number of ether oxygens (including phenoxy) is 1. The van der Waals surface area contributed by atoms with Crippen molar-refractivity contribution in [1.82, 2.24) is 4.98 Å². The molecule has 0 aromatic carbocycles. The molecule has 0 aliphatic carbocycles. The van der Waals surface area contributed by atoms with Gasteiger partial charge in [-0.15, -0.1) is 0 Å². The Labute approximate surface area is 58.2 Å². The molecule has 2 N–H and O–H groups in total. The summed E-state index contributed by atoms with van der Waals surface area (Å²) in [7, 11) is 1.54. The van der Waals surface area contributed by atoms with Gasteiger partial charge >= 0.3 is 0 Å². The fourth-order valence-electron chi connectivity index (χ4n) is 0.697. The Bertz CT molecular complexity index is 219. The number of hydrogen-bond donors (Lipinski definition) is 2. The van der Waals surface area contributed by atoms with Gasteiger partial charge in [-0.1, -0.05) is 0 Å². The zero-order valence-corrected chi connectivity index (χ0v) is 5.55. The van der Waals surface area contributed by atoms with Crippen LogP contribution in [-0.2, 0) is 4.79 Å². The summed E-state index contributed by atoms with van der Waals surface area (Å²) in [5.74, 6) is 1.21. The Hall–Kier alpha value is -1.45. The highest BCUT2D eigenvalue weighted by Crippen LogP contribution is 2.20. The summed E-state index contributed by atoms with van der Waals surface area (Å²) >= 11 is 0. The lowest BCUT2D eigenvalue weighted by Gasteiger charge is -1.98. The van der Waals surface area contributed by atoms with Gasteiger partial charge in [-0.25, -0.2) is 0 Å². The third-order valence-electron chi connectivity index (χ3n) is 1.13. The highest BCUT2D eigenvalue weighted by atomic mass is 16.5. The van der Waals surface area contributed by atoms with Crippen LogP contribution >= 0.6 is 0 Å². The molecule has 1 aromatic rings. The number of nitrogens with one attached hydrogen (secondary N) is 2. The first kappa shape index (κ1) is 6.67. The lowest BCUT2D eigenvalue weighted by Crippen LogP contribution is -1.95. The highest BCUT2D eigenvalue weighted by molar-refractivity contribution is 5.72. The van der Waals surface area contributed by atoms with Crippen LogP contribution in [0.2, 0.25) is 0 Å². The van der Waals surface area contributed by atoms with E-state index in [2.05, 4.69) is 10.3 Å². The molecule has 4 heteroatoms. The molecule has 0 fully saturated rings. The van der Waals surface area contributed by atoms with Gasteiger partial charge < -0.3 is 15.0 Å². The smallest absolute Gasteiger partial charge is 0.212 e. The number of methoxy groups -OCH3 is 1. The Balaban J connectivity index is 2.79. The van der Waals surface area contributed by atoms with Crippen LogP contribution in [-0.4, -0.2) is 18.5 Å². The molecule has 0 aliphatic rings. The second-order valence-electron chi connectivity index (χ2n) is 1.68. The van der Waals surface area contributed by atoms with E-state index < -0.39 is 0 Å². The summed E-state index contributed by atoms with van der Waals surface area (Å²) in [6.07, 6.45) is 2.28. The number of carbonyl (C=O) groups excluding carboxylic acids is 1. The van der Waals surface area contributed by atoms with Crippen LogP contribution in [0.5, 0.6) is 5.75 Å². The maximum Gasteiger partial charge on any atom is 0.212 e. The van der Waals surface area contributed by atoms with E-state index in [1.165, 1.54) is 0 Å². The molecule has 1 heterocycles. The van der Waals surface area contributed by atoms with Gasteiger partial charge in [0.05, 0.1) is 7.11 Å². The molecule has 4 nitrogen and oxygen atoms in total. The van der Waals surface area contributed by atoms with Crippen molar-refractivity contribution in [2.75, 3.05) is 12.4 Å². The predicted octanol–water partition coefficient (Wildman–Crippen LogP) is 0.592. The SMILES string of the molecule is COc1cc[nH]c1NC=O. The number of aromatic nitrogens is 1. The van der Waals surface area contributed by atoms with Crippen molar-refractivity contribution in [3.05, 3.63) is 12.3 Å². The van der Waals surface area contributed by atoms with Crippen molar-refractivity contribution >= 4 is 12.2 Å². The lowest BCUT2D eigenvalue weighted by atomic mass is 10.5. The van der Waals surface area contributed by atoms with E-state index in [-0.39, 0.29) is 0 Å². The molecular weight excluding hydrogens is 132 g/mol. The van der Waals surface area contributed by atoms with Crippen LogP contribution in [0.3, 0.4) is 0 Å². The van der Waals surface area contributed by atoms with Crippen molar-refractivity contribution in [2.45, 2.75) is 0 Å². The van der Waals surface area contributed by atoms with Crippen molar-refractivity contribution < 1.29 is 9.53 Å². The number of H-pyrrole nitrogens is 1. The first-order valence-corrected chi connectivity index (χ1v) is 2.80.